The molecule has 2 heteroatoms. The van der Waals surface area contributed by atoms with Gasteiger partial charge in [0.15, 0.2) is 0 Å². The standard InChI is InChI=1S/C16H16OS/c1-12(2)15-5-3-4-6-16(15)18-14-9-7-13(11-17)8-10-14/h3-12H,1-2H3. The predicted octanol–water partition coefficient (Wildman–Crippen LogP) is 4.77. The Morgan fingerprint density at radius 1 is 1.00 bits per heavy atom. The normalized spacial score (nSPS) is 10.6. The molecule has 2 rings (SSSR count). The molecule has 0 spiro atoms. The van der Waals surface area contributed by atoms with E-state index in [0.29, 0.717) is 5.92 Å². The van der Waals surface area contributed by atoms with Crippen molar-refractivity contribution >= 4 is 18.0 Å². The summed E-state index contributed by atoms with van der Waals surface area (Å²) in [6, 6.07) is 16.2. The highest BCUT2D eigenvalue weighted by molar-refractivity contribution is 7.99. The monoisotopic (exact) mass is 256 g/mol. The molecule has 0 aliphatic carbocycles. The van der Waals surface area contributed by atoms with E-state index < -0.39 is 0 Å². The molecule has 18 heavy (non-hydrogen) atoms. The maximum absolute atomic E-state index is 10.6. The van der Waals surface area contributed by atoms with Crippen molar-refractivity contribution < 1.29 is 4.79 Å². The van der Waals surface area contributed by atoms with Crippen LogP contribution in [0.3, 0.4) is 0 Å². The van der Waals surface area contributed by atoms with Crippen LogP contribution in [-0.4, -0.2) is 6.29 Å². The van der Waals surface area contributed by atoms with Crippen LogP contribution in [0.15, 0.2) is 58.3 Å². The molecule has 0 atom stereocenters. The third-order valence-electron chi connectivity index (χ3n) is 2.79. The van der Waals surface area contributed by atoms with Gasteiger partial charge in [-0.1, -0.05) is 55.9 Å². The number of benzene rings is 2. The average Bonchev–Trinajstić information content (AvgIpc) is 2.40. The molecule has 0 saturated heterocycles. The average molecular weight is 256 g/mol. The number of carbonyl (C=O) groups is 1. The minimum atomic E-state index is 0.517. The van der Waals surface area contributed by atoms with E-state index in [1.165, 1.54) is 10.5 Å². The third kappa shape index (κ3) is 3.02. The second-order valence-electron chi connectivity index (χ2n) is 4.48. The summed E-state index contributed by atoms with van der Waals surface area (Å²) in [7, 11) is 0. The van der Waals surface area contributed by atoms with E-state index >= 15 is 0 Å². The molecule has 0 aliphatic rings. The van der Waals surface area contributed by atoms with Gasteiger partial charge in [0, 0.05) is 15.4 Å². The summed E-state index contributed by atoms with van der Waals surface area (Å²) in [5, 5.41) is 0. The van der Waals surface area contributed by atoms with Gasteiger partial charge in [0.1, 0.15) is 6.29 Å². The van der Waals surface area contributed by atoms with Gasteiger partial charge in [-0.15, -0.1) is 0 Å². The van der Waals surface area contributed by atoms with E-state index in [-0.39, 0.29) is 0 Å². The first-order valence-electron chi connectivity index (χ1n) is 6.02. The summed E-state index contributed by atoms with van der Waals surface area (Å²) >= 11 is 1.75. The maximum Gasteiger partial charge on any atom is 0.150 e. The molecule has 0 N–H and O–H groups in total. The van der Waals surface area contributed by atoms with E-state index in [2.05, 4.69) is 38.1 Å². The molecule has 0 amide bonds. The van der Waals surface area contributed by atoms with Crippen molar-refractivity contribution in [3.63, 3.8) is 0 Å². The first kappa shape index (κ1) is 12.9. The Kier molecular flexibility index (Phi) is 4.21. The van der Waals surface area contributed by atoms with Crippen LogP contribution in [0.5, 0.6) is 0 Å². The molecule has 0 saturated carbocycles. The molecule has 1 nitrogen and oxygen atoms in total. The summed E-state index contributed by atoms with van der Waals surface area (Å²) in [4.78, 5) is 13.1. The summed E-state index contributed by atoms with van der Waals surface area (Å²) in [6.45, 7) is 4.41. The van der Waals surface area contributed by atoms with Crippen LogP contribution in [0, 0.1) is 0 Å². The quantitative estimate of drug-likeness (QED) is 0.733. The maximum atomic E-state index is 10.6. The third-order valence-corrected chi connectivity index (χ3v) is 3.88. The molecule has 0 bridgehead atoms. The Hall–Kier alpha value is -1.54. The van der Waals surface area contributed by atoms with Crippen molar-refractivity contribution in [3.8, 4) is 0 Å². The van der Waals surface area contributed by atoms with E-state index in [1.54, 1.807) is 11.8 Å². The van der Waals surface area contributed by atoms with Crippen LogP contribution in [0.1, 0.15) is 35.7 Å². The first-order chi connectivity index (χ1) is 8.70. The zero-order valence-corrected chi connectivity index (χ0v) is 11.4. The Morgan fingerprint density at radius 2 is 1.67 bits per heavy atom. The Morgan fingerprint density at radius 3 is 2.28 bits per heavy atom. The van der Waals surface area contributed by atoms with Crippen molar-refractivity contribution in [3.05, 3.63) is 59.7 Å². The highest BCUT2D eigenvalue weighted by Gasteiger charge is 2.07. The van der Waals surface area contributed by atoms with E-state index in [9.17, 15) is 4.79 Å². The second kappa shape index (κ2) is 5.87. The fourth-order valence-electron chi connectivity index (χ4n) is 1.79. The first-order valence-corrected chi connectivity index (χ1v) is 6.84. The molecule has 0 aromatic heterocycles. The van der Waals surface area contributed by atoms with E-state index in [1.807, 2.05) is 24.3 Å². The van der Waals surface area contributed by atoms with Crippen molar-refractivity contribution in [1.82, 2.24) is 0 Å². The predicted molar refractivity (Wildman–Crippen MR) is 76.5 cm³/mol. The number of hydrogen-bond donors (Lipinski definition) is 0. The number of rotatable bonds is 4. The summed E-state index contributed by atoms with van der Waals surface area (Å²) in [5.41, 5.74) is 2.08. The molecule has 2 aromatic rings. The number of carbonyl (C=O) groups excluding carboxylic acids is 1. The van der Waals surface area contributed by atoms with Gasteiger partial charge in [-0.25, -0.2) is 0 Å². The van der Waals surface area contributed by atoms with Gasteiger partial charge in [0.2, 0.25) is 0 Å². The minimum Gasteiger partial charge on any atom is -0.298 e. The lowest BCUT2D eigenvalue weighted by atomic mass is 10.0. The Labute approximate surface area is 112 Å². The van der Waals surface area contributed by atoms with Gasteiger partial charge < -0.3 is 0 Å². The fraction of sp³-hybridized carbons (Fsp3) is 0.188. The van der Waals surface area contributed by atoms with Gasteiger partial charge >= 0.3 is 0 Å². The van der Waals surface area contributed by atoms with E-state index in [0.717, 1.165) is 16.7 Å². The lowest BCUT2D eigenvalue weighted by molar-refractivity contribution is 0.112. The lowest BCUT2D eigenvalue weighted by Crippen LogP contribution is -1.90. The fourth-order valence-corrected chi connectivity index (χ4v) is 2.89. The summed E-state index contributed by atoms with van der Waals surface area (Å²) in [5.74, 6) is 0.517. The van der Waals surface area contributed by atoms with Gasteiger partial charge in [0.25, 0.3) is 0 Å². The van der Waals surface area contributed by atoms with E-state index in [4.69, 9.17) is 0 Å². The smallest absolute Gasteiger partial charge is 0.150 e. The molecular weight excluding hydrogens is 240 g/mol. The summed E-state index contributed by atoms with van der Waals surface area (Å²) < 4.78 is 0. The van der Waals surface area contributed by atoms with Crippen LogP contribution in [0.25, 0.3) is 0 Å². The Bertz CT molecular complexity index is 529. The van der Waals surface area contributed by atoms with Gasteiger partial charge in [-0.05, 0) is 29.7 Å². The highest BCUT2D eigenvalue weighted by Crippen LogP contribution is 2.33. The SMILES string of the molecule is CC(C)c1ccccc1Sc1ccc(C=O)cc1. The van der Waals surface area contributed by atoms with Crippen LogP contribution in [-0.2, 0) is 0 Å². The van der Waals surface area contributed by atoms with Crippen LogP contribution >= 0.6 is 11.8 Å². The van der Waals surface area contributed by atoms with Crippen molar-refractivity contribution in [2.45, 2.75) is 29.6 Å². The van der Waals surface area contributed by atoms with Gasteiger partial charge in [-0.2, -0.15) is 0 Å². The van der Waals surface area contributed by atoms with Crippen LogP contribution in [0.2, 0.25) is 0 Å². The molecule has 0 unspecified atom stereocenters. The van der Waals surface area contributed by atoms with Crippen LogP contribution < -0.4 is 0 Å². The van der Waals surface area contributed by atoms with Gasteiger partial charge in [0.05, 0.1) is 0 Å². The number of aldehydes is 1. The van der Waals surface area contributed by atoms with Gasteiger partial charge in [-0.3, -0.25) is 4.79 Å². The molecular formula is C16H16OS. The second-order valence-corrected chi connectivity index (χ2v) is 5.60. The molecule has 92 valence electrons. The largest absolute Gasteiger partial charge is 0.298 e. The molecule has 2 aromatic carbocycles. The molecule has 0 aliphatic heterocycles. The molecule has 0 heterocycles. The van der Waals surface area contributed by atoms with Crippen molar-refractivity contribution in [2.75, 3.05) is 0 Å². The zero-order chi connectivity index (χ0) is 13.0. The lowest BCUT2D eigenvalue weighted by Gasteiger charge is -2.11. The minimum absolute atomic E-state index is 0.517. The van der Waals surface area contributed by atoms with Crippen molar-refractivity contribution in [2.24, 2.45) is 0 Å². The van der Waals surface area contributed by atoms with Crippen LogP contribution in [0.4, 0.5) is 0 Å². The highest BCUT2D eigenvalue weighted by atomic mass is 32.2. The topological polar surface area (TPSA) is 17.1 Å². The number of hydrogen-bond acceptors (Lipinski definition) is 2. The summed E-state index contributed by atoms with van der Waals surface area (Å²) in [6.07, 6.45) is 0.872. The zero-order valence-electron chi connectivity index (χ0n) is 10.6. The Balaban J connectivity index is 2.25. The molecule has 0 fully saturated rings. The molecule has 0 radical (unpaired) electrons. The van der Waals surface area contributed by atoms with Crippen molar-refractivity contribution in [1.29, 1.82) is 0 Å².